The van der Waals surface area contributed by atoms with Gasteiger partial charge in [0.2, 0.25) is 0 Å². The second-order valence-corrected chi connectivity index (χ2v) is 9.16. The van der Waals surface area contributed by atoms with Crippen LogP contribution in [-0.4, -0.2) is 70.3 Å². The molecule has 1 aliphatic carbocycles. The Balaban J connectivity index is 1.57. The molecule has 0 bridgehead atoms. The molecule has 5 nitrogen and oxygen atoms in total. The Labute approximate surface area is 122 Å². The monoisotopic (exact) mass is 302 g/mol. The number of hydrogen-bond donors (Lipinski definition) is 1. The molecule has 3 aliphatic rings. The van der Waals surface area contributed by atoms with Crippen molar-refractivity contribution in [1.82, 2.24) is 10.2 Å². The number of nitrogens with zero attached hydrogens (tertiary/aromatic N) is 1. The maximum atomic E-state index is 11.6. The van der Waals surface area contributed by atoms with Crippen LogP contribution in [0.5, 0.6) is 0 Å². The lowest BCUT2D eigenvalue weighted by Crippen LogP contribution is -2.47. The number of nitrogens with one attached hydrogen (secondary N) is 1. The minimum atomic E-state index is -2.80. The molecule has 0 aromatic rings. The van der Waals surface area contributed by atoms with Gasteiger partial charge in [0.1, 0.15) is 0 Å². The lowest BCUT2D eigenvalue weighted by molar-refractivity contribution is 0.105. The van der Waals surface area contributed by atoms with Crippen LogP contribution in [-0.2, 0) is 14.6 Å². The normalized spacial score (nSPS) is 36.8. The van der Waals surface area contributed by atoms with Crippen molar-refractivity contribution >= 4 is 9.84 Å². The van der Waals surface area contributed by atoms with Crippen molar-refractivity contribution in [3.63, 3.8) is 0 Å². The fourth-order valence-corrected chi connectivity index (χ4v) is 5.20. The lowest BCUT2D eigenvalue weighted by Gasteiger charge is -2.35. The zero-order valence-corrected chi connectivity index (χ0v) is 13.1. The average molecular weight is 302 g/mol. The molecule has 2 unspecified atom stereocenters. The van der Waals surface area contributed by atoms with Gasteiger partial charge < -0.3 is 15.0 Å². The molecule has 6 heteroatoms. The molecular formula is C14H26N2O3S. The maximum Gasteiger partial charge on any atom is 0.151 e. The van der Waals surface area contributed by atoms with E-state index < -0.39 is 9.84 Å². The van der Waals surface area contributed by atoms with Gasteiger partial charge in [-0.2, -0.15) is 0 Å². The molecule has 1 saturated carbocycles. The first-order valence-corrected chi connectivity index (χ1v) is 9.52. The maximum absolute atomic E-state index is 11.6. The molecule has 2 atom stereocenters. The standard InChI is InChI=1S/C14H26N2O3S/c1-16(13-4-7-20(17,18)8-13)10-14(5-6-19-11-14)9-15-12-2-3-12/h12-13,15H,2-11H2,1H3. The molecular weight excluding hydrogens is 276 g/mol. The SMILES string of the molecule is CN(CC1(CNC2CC2)CCOC1)C1CCS(=O)(=O)C1. The smallest absolute Gasteiger partial charge is 0.151 e. The first-order valence-electron chi connectivity index (χ1n) is 7.70. The summed E-state index contributed by atoms with van der Waals surface area (Å²) in [5, 5.41) is 3.63. The van der Waals surface area contributed by atoms with Gasteiger partial charge in [0.15, 0.2) is 9.84 Å². The predicted octanol–water partition coefficient (Wildman–Crippen LogP) is 0.264. The molecule has 0 radical (unpaired) electrons. The summed E-state index contributed by atoms with van der Waals surface area (Å²) >= 11 is 0. The molecule has 0 amide bonds. The molecule has 2 heterocycles. The van der Waals surface area contributed by atoms with Gasteiger partial charge in [-0.3, -0.25) is 0 Å². The Morgan fingerprint density at radius 2 is 2.15 bits per heavy atom. The van der Waals surface area contributed by atoms with Gasteiger partial charge in [0.05, 0.1) is 18.1 Å². The zero-order chi connectivity index (χ0) is 14.2. The van der Waals surface area contributed by atoms with E-state index in [2.05, 4.69) is 17.3 Å². The third-order valence-corrected chi connectivity index (χ3v) is 6.69. The Morgan fingerprint density at radius 1 is 1.35 bits per heavy atom. The van der Waals surface area contributed by atoms with Gasteiger partial charge in [-0.1, -0.05) is 0 Å². The summed E-state index contributed by atoms with van der Waals surface area (Å²) in [7, 11) is -0.726. The lowest BCUT2D eigenvalue weighted by atomic mass is 9.86. The molecule has 0 aromatic carbocycles. The molecule has 0 spiro atoms. The van der Waals surface area contributed by atoms with Crippen molar-refractivity contribution in [1.29, 1.82) is 0 Å². The van der Waals surface area contributed by atoms with Gasteiger partial charge in [-0.15, -0.1) is 0 Å². The van der Waals surface area contributed by atoms with Crippen molar-refractivity contribution in [3.8, 4) is 0 Å². The summed E-state index contributed by atoms with van der Waals surface area (Å²) in [6, 6.07) is 0.906. The molecule has 3 fully saturated rings. The highest BCUT2D eigenvalue weighted by molar-refractivity contribution is 7.91. The van der Waals surface area contributed by atoms with E-state index >= 15 is 0 Å². The molecule has 116 valence electrons. The fraction of sp³-hybridized carbons (Fsp3) is 1.00. The van der Waals surface area contributed by atoms with Crippen LogP contribution in [0.4, 0.5) is 0 Å². The van der Waals surface area contributed by atoms with E-state index in [1.807, 2.05) is 0 Å². The van der Waals surface area contributed by atoms with Crippen molar-refractivity contribution in [2.45, 2.75) is 37.8 Å². The van der Waals surface area contributed by atoms with Crippen LogP contribution in [0.15, 0.2) is 0 Å². The van der Waals surface area contributed by atoms with E-state index in [1.54, 1.807) is 0 Å². The van der Waals surface area contributed by atoms with Crippen LogP contribution in [0.3, 0.4) is 0 Å². The minimum absolute atomic E-state index is 0.170. The highest BCUT2D eigenvalue weighted by Crippen LogP contribution is 2.32. The van der Waals surface area contributed by atoms with Crippen LogP contribution >= 0.6 is 0 Å². The fourth-order valence-electron chi connectivity index (χ4n) is 3.40. The van der Waals surface area contributed by atoms with Crippen molar-refractivity contribution < 1.29 is 13.2 Å². The first kappa shape index (κ1) is 14.8. The van der Waals surface area contributed by atoms with Crippen LogP contribution in [0.1, 0.15) is 25.7 Å². The summed E-state index contributed by atoms with van der Waals surface area (Å²) in [5.74, 6) is 0.683. The number of sulfone groups is 1. The minimum Gasteiger partial charge on any atom is -0.381 e. The van der Waals surface area contributed by atoms with Crippen molar-refractivity contribution in [2.24, 2.45) is 5.41 Å². The molecule has 0 aromatic heterocycles. The van der Waals surface area contributed by atoms with Crippen LogP contribution in [0.2, 0.25) is 0 Å². The summed E-state index contributed by atoms with van der Waals surface area (Å²) in [6.07, 6.45) is 4.46. The van der Waals surface area contributed by atoms with Gasteiger partial charge in [-0.25, -0.2) is 8.42 Å². The quantitative estimate of drug-likeness (QED) is 0.763. The molecule has 20 heavy (non-hydrogen) atoms. The summed E-state index contributed by atoms with van der Waals surface area (Å²) in [5.41, 5.74) is 0.170. The number of hydrogen-bond acceptors (Lipinski definition) is 5. The van der Waals surface area contributed by atoms with E-state index in [4.69, 9.17) is 4.74 Å². The Hall–Kier alpha value is -0.170. The Kier molecular flexibility index (Phi) is 4.10. The van der Waals surface area contributed by atoms with Gasteiger partial charge in [0.25, 0.3) is 0 Å². The van der Waals surface area contributed by atoms with E-state index in [0.29, 0.717) is 17.5 Å². The Morgan fingerprint density at radius 3 is 2.70 bits per heavy atom. The summed E-state index contributed by atoms with van der Waals surface area (Å²) in [6.45, 7) is 3.58. The molecule has 1 N–H and O–H groups in total. The first-order chi connectivity index (χ1) is 9.48. The predicted molar refractivity (Wildman–Crippen MR) is 78.6 cm³/mol. The molecule has 2 saturated heterocycles. The number of rotatable bonds is 6. The second kappa shape index (κ2) is 5.55. The topological polar surface area (TPSA) is 58.6 Å². The third-order valence-electron chi connectivity index (χ3n) is 4.94. The summed E-state index contributed by atoms with van der Waals surface area (Å²) < 4.78 is 28.9. The highest BCUT2D eigenvalue weighted by Gasteiger charge is 2.40. The van der Waals surface area contributed by atoms with E-state index in [9.17, 15) is 8.42 Å². The van der Waals surface area contributed by atoms with E-state index in [-0.39, 0.29) is 11.5 Å². The molecule has 2 aliphatic heterocycles. The molecule has 3 rings (SSSR count). The summed E-state index contributed by atoms with van der Waals surface area (Å²) in [4.78, 5) is 2.26. The highest BCUT2D eigenvalue weighted by atomic mass is 32.2. The second-order valence-electron chi connectivity index (χ2n) is 6.93. The van der Waals surface area contributed by atoms with Crippen LogP contribution < -0.4 is 5.32 Å². The zero-order valence-electron chi connectivity index (χ0n) is 12.3. The average Bonchev–Trinajstić information content (AvgIpc) is 3.00. The van der Waals surface area contributed by atoms with E-state index in [0.717, 1.165) is 39.1 Å². The van der Waals surface area contributed by atoms with Crippen molar-refractivity contribution in [3.05, 3.63) is 0 Å². The number of ether oxygens (including phenoxy) is 1. The van der Waals surface area contributed by atoms with Gasteiger partial charge in [0, 0.05) is 37.2 Å². The third kappa shape index (κ3) is 3.53. The van der Waals surface area contributed by atoms with E-state index in [1.165, 1.54) is 12.8 Å². The van der Waals surface area contributed by atoms with Crippen molar-refractivity contribution in [2.75, 3.05) is 44.9 Å². The Bertz CT molecular complexity index is 441. The van der Waals surface area contributed by atoms with Crippen LogP contribution in [0.25, 0.3) is 0 Å². The van der Waals surface area contributed by atoms with Crippen LogP contribution in [0, 0.1) is 5.41 Å². The largest absolute Gasteiger partial charge is 0.381 e. The van der Waals surface area contributed by atoms with Gasteiger partial charge >= 0.3 is 0 Å². The van der Waals surface area contributed by atoms with Gasteiger partial charge in [-0.05, 0) is 32.7 Å².